The van der Waals surface area contributed by atoms with Gasteiger partial charge in [-0.3, -0.25) is 0 Å². The van der Waals surface area contributed by atoms with Gasteiger partial charge in [0.1, 0.15) is 17.8 Å². The summed E-state index contributed by atoms with van der Waals surface area (Å²) in [7, 11) is 0. The topological polar surface area (TPSA) is 103 Å². The summed E-state index contributed by atoms with van der Waals surface area (Å²) >= 11 is 4.34. The van der Waals surface area contributed by atoms with E-state index in [2.05, 4.69) is 32.8 Å². The summed E-state index contributed by atoms with van der Waals surface area (Å²) in [6.07, 6.45) is 2.64. The van der Waals surface area contributed by atoms with Gasteiger partial charge in [0.15, 0.2) is 5.82 Å². The van der Waals surface area contributed by atoms with E-state index in [1.807, 2.05) is 0 Å². The van der Waals surface area contributed by atoms with Gasteiger partial charge in [0.25, 0.3) is 0 Å². The Kier molecular flexibility index (Phi) is 3.09. The molecule has 0 spiro atoms. The number of rotatable bonds is 4. The number of nitrogens with zero attached hydrogens (tertiary/aromatic N) is 5. The van der Waals surface area contributed by atoms with E-state index in [1.54, 1.807) is 6.92 Å². The summed E-state index contributed by atoms with van der Waals surface area (Å²) in [5.41, 5.74) is 0. The summed E-state index contributed by atoms with van der Waals surface area (Å²) < 4.78 is 1.49. The molecule has 0 aromatic carbocycles. The molecular formula is C8H10N6O2S. The molecule has 8 nitrogen and oxygen atoms in total. The molecule has 1 unspecified atom stereocenters. The highest BCUT2D eigenvalue weighted by atomic mass is 32.1. The van der Waals surface area contributed by atoms with Crippen molar-refractivity contribution in [2.24, 2.45) is 0 Å². The maximum absolute atomic E-state index is 10.8. The number of nitro groups is 1. The van der Waals surface area contributed by atoms with Crippen LogP contribution >= 0.6 is 12.6 Å². The predicted octanol–water partition coefficient (Wildman–Crippen LogP) is 0.948. The van der Waals surface area contributed by atoms with E-state index in [9.17, 15) is 10.1 Å². The van der Waals surface area contributed by atoms with Gasteiger partial charge in [0.2, 0.25) is 5.82 Å². The van der Waals surface area contributed by atoms with Gasteiger partial charge in [-0.25, -0.2) is 9.55 Å². The first-order chi connectivity index (χ1) is 8.15. The molecule has 0 aliphatic carbocycles. The summed E-state index contributed by atoms with van der Waals surface area (Å²) in [6.45, 7) is 2.25. The zero-order chi connectivity index (χ0) is 12.4. The zero-order valence-electron chi connectivity index (χ0n) is 8.94. The van der Waals surface area contributed by atoms with Gasteiger partial charge < -0.3 is 15.1 Å². The largest absolute Gasteiger partial charge is 0.358 e. The van der Waals surface area contributed by atoms with Crippen molar-refractivity contribution < 1.29 is 4.92 Å². The third-order valence-electron chi connectivity index (χ3n) is 2.31. The lowest BCUT2D eigenvalue weighted by atomic mass is 10.3. The Morgan fingerprint density at radius 3 is 3.00 bits per heavy atom. The quantitative estimate of drug-likeness (QED) is 0.480. The van der Waals surface area contributed by atoms with Gasteiger partial charge in [0, 0.05) is 0 Å². The highest BCUT2D eigenvalue weighted by Gasteiger charge is 2.26. The second-order valence-corrected chi connectivity index (χ2v) is 3.77. The molecule has 2 rings (SSSR count). The number of hydrogen-bond donors (Lipinski definition) is 2. The van der Waals surface area contributed by atoms with Crippen LogP contribution in [0.4, 0.5) is 5.82 Å². The minimum absolute atomic E-state index is 0.0546. The lowest BCUT2D eigenvalue weighted by Crippen LogP contribution is -2.09. The summed E-state index contributed by atoms with van der Waals surface area (Å²) in [5.74, 6) is 0.920. The maximum Gasteiger partial charge on any atom is 0.342 e. The number of aromatic nitrogens is 5. The van der Waals surface area contributed by atoms with Crippen LogP contribution in [0.1, 0.15) is 23.8 Å². The monoisotopic (exact) mass is 254 g/mol. The summed E-state index contributed by atoms with van der Waals surface area (Å²) in [4.78, 5) is 17.1. The zero-order valence-corrected chi connectivity index (χ0v) is 9.83. The Morgan fingerprint density at radius 2 is 2.47 bits per heavy atom. The van der Waals surface area contributed by atoms with Crippen LogP contribution in [0.2, 0.25) is 0 Å². The minimum atomic E-state index is -0.471. The van der Waals surface area contributed by atoms with Crippen LogP contribution in [-0.4, -0.2) is 29.7 Å². The van der Waals surface area contributed by atoms with Crippen molar-refractivity contribution in [2.75, 3.05) is 0 Å². The number of nitrogens with one attached hydrogen (secondary N) is 1. The second-order valence-electron chi connectivity index (χ2n) is 3.25. The Balaban J connectivity index is 2.42. The van der Waals surface area contributed by atoms with Crippen molar-refractivity contribution in [3.8, 4) is 0 Å². The Bertz CT molecular complexity index is 522. The van der Waals surface area contributed by atoms with Gasteiger partial charge in [-0.2, -0.15) is 12.6 Å². The average Bonchev–Trinajstić information content (AvgIpc) is 2.96. The predicted molar refractivity (Wildman–Crippen MR) is 61.8 cm³/mol. The molecular weight excluding hydrogens is 244 g/mol. The van der Waals surface area contributed by atoms with E-state index in [1.165, 1.54) is 17.1 Å². The van der Waals surface area contributed by atoms with Crippen LogP contribution in [0.3, 0.4) is 0 Å². The molecule has 17 heavy (non-hydrogen) atoms. The first-order valence-corrected chi connectivity index (χ1v) is 5.40. The fourth-order valence-corrected chi connectivity index (χ4v) is 1.87. The average molecular weight is 254 g/mol. The van der Waals surface area contributed by atoms with E-state index >= 15 is 0 Å². The lowest BCUT2D eigenvalue weighted by molar-refractivity contribution is -0.392. The molecule has 0 aliphatic rings. The molecule has 1 atom stereocenters. The summed E-state index contributed by atoms with van der Waals surface area (Å²) in [6, 6.07) is 0. The molecule has 0 aliphatic heterocycles. The van der Waals surface area contributed by atoms with Gasteiger partial charge in [-0.15, -0.1) is 10.2 Å². The van der Waals surface area contributed by atoms with E-state index in [0.29, 0.717) is 18.2 Å². The van der Waals surface area contributed by atoms with Crippen LogP contribution in [0.15, 0.2) is 12.5 Å². The van der Waals surface area contributed by atoms with Crippen molar-refractivity contribution in [1.29, 1.82) is 0 Å². The smallest absolute Gasteiger partial charge is 0.342 e. The fraction of sp³-hybridized carbons (Fsp3) is 0.375. The van der Waals surface area contributed by atoms with Crippen LogP contribution in [-0.2, 0) is 6.54 Å². The Morgan fingerprint density at radius 1 is 1.71 bits per heavy atom. The van der Waals surface area contributed by atoms with Crippen molar-refractivity contribution in [3.63, 3.8) is 0 Å². The molecule has 9 heteroatoms. The molecule has 2 aromatic rings. The van der Waals surface area contributed by atoms with Gasteiger partial charge >= 0.3 is 5.82 Å². The third-order valence-corrected chi connectivity index (χ3v) is 2.78. The molecule has 2 heterocycles. The first-order valence-electron chi connectivity index (χ1n) is 4.89. The highest BCUT2D eigenvalue weighted by Crippen LogP contribution is 2.27. The molecule has 0 amide bonds. The van der Waals surface area contributed by atoms with Crippen LogP contribution < -0.4 is 0 Å². The molecule has 0 bridgehead atoms. The molecule has 2 aromatic heterocycles. The molecule has 0 saturated heterocycles. The Labute approximate surface area is 102 Å². The second kappa shape index (κ2) is 4.53. The van der Waals surface area contributed by atoms with Gasteiger partial charge in [0.05, 0.1) is 6.54 Å². The van der Waals surface area contributed by atoms with E-state index in [-0.39, 0.29) is 5.82 Å². The molecule has 0 saturated carbocycles. The van der Waals surface area contributed by atoms with E-state index in [0.717, 1.165) is 0 Å². The number of H-pyrrole nitrogens is 1. The number of hydrogen-bond acceptors (Lipinski definition) is 6. The minimum Gasteiger partial charge on any atom is -0.358 e. The van der Waals surface area contributed by atoms with Crippen LogP contribution in [0, 0.1) is 10.1 Å². The lowest BCUT2D eigenvalue weighted by Gasteiger charge is -2.05. The number of imidazole rings is 1. The molecule has 1 N–H and O–H groups in total. The van der Waals surface area contributed by atoms with Crippen molar-refractivity contribution in [1.82, 2.24) is 24.7 Å². The Hall–Kier alpha value is -1.90. The van der Waals surface area contributed by atoms with Crippen molar-refractivity contribution >= 4 is 18.4 Å². The first kappa shape index (κ1) is 11.6. The highest BCUT2D eigenvalue weighted by molar-refractivity contribution is 7.80. The maximum atomic E-state index is 10.8. The van der Waals surface area contributed by atoms with Gasteiger partial charge in [-0.1, -0.05) is 0 Å². The third kappa shape index (κ3) is 2.00. The van der Waals surface area contributed by atoms with E-state index in [4.69, 9.17) is 0 Å². The van der Waals surface area contributed by atoms with Crippen LogP contribution in [0.25, 0.3) is 0 Å². The molecule has 0 fully saturated rings. The summed E-state index contributed by atoms with van der Waals surface area (Å²) in [5, 5.41) is 17.8. The normalized spacial score (nSPS) is 12.6. The molecule has 90 valence electrons. The number of aromatic amines is 1. The SMILES string of the molecule is CCn1c([N+](=O)[O-])cnc1C(S)c1nnc[nH]1. The standard InChI is InChI=1S/C8H10N6O2S/c1-2-13-5(14(15)16)3-9-8(13)6(17)7-10-4-11-12-7/h3-4,6,17H,2H2,1H3,(H,10,11,12). The molecule has 0 radical (unpaired) electrons. The van der Waals surface area contributed by atoms with Gasteiger partial charge in [-0.05, 0) is 11.8 Å². The van der Waals surface area contributed by atoms with Crippen molar-refractivity contribution in [3.05, 3.63) is 34.3 Å². The van der Waals surface area contributed by atoms with Crippen LogP contribution in [0.5, 0.6) is 0 Å². The van der Waals surface area contributed by atoms with Crippen molar-refractivity contribution in [2.45, 2.75) is 18.7 Å². The van der Waals surface area contributed by atoms with E-state index < -0.39 is 10.2 Å². The fourth-order valence-electron chi connectivity index (χ4n) is 1.54. The number of thiol groups is 1.